The number of methoxy groups -OCH3 is 1. The van der Waals surface area contributed by atoms with E-state index in [2.05, 4.69) is 105 Å². The van der Waals surface area contributed by atoms with Crippen molar-refractivity contribution in [3.05, 3.63) is 59.7 Å². The molecule has 0 radical (unpaired) electrons. The maximum absolute atomic E-state index is 10.6. The maximum atomic E-state index is 10.6. The van der Waals surface area contributed by atoms with E-state index in [1.165, 1.54) is 25.9 Å². The highest BCUT2D eigenvalue weighted by molar-refractivity contribution is 9.10. The van der Waals surface area contributed by atoms with Crippen molar-refractivity contribution in [3.8, 4) is 22.6 Å². The Morgan fingerprint density at radius 1 is 0.967 bits per heavy atom. The number of piperidine rings is 1. The summed E-state index contributed by atoms with van der Waals surface area (Å²) in [5.41, 5.74) is 6.21. The molecule has 3 saturated heterocycles. The van der Waals surface area contributed by atoms with Crippen LogP contribution >= 0.6 is 24.1 Å². The summed E-state index contributed by atoms with van der Waals surface area (Å²) in [6.45, 7) is 15.7. The fourth-order valence-corrected chi connectivity index (χ4v) is 8.47. The van der Waals surface area contributed by atoms with Crippen molar-refractivity contribution in [2.45, 2.75) is 44.6 Å². The molecule has 3 aliphatic rings. The first kappa shape index (κ1) is 44.2. The zero-order chi connectivity index (χ0) is 43.3. The number of carbonyl (C=O) groups is 1. The van der Waals surface area contributed by atoms with Crippen LogP contribution in [0, 0.1) is 0 Å². The van der Waals surface area contributed by atoms with Gasteiger partial charge in [-0.05, 0) is 67.2 Å². The van der Waals surface area contributed by atoms with Gasteiger partial charge in [-0.25, -0.2) is 14.8 Å². The Hall–Kier alpha value is -4.88. The summed E-state index contributed by atoms with van der Waals surface area (Å²) in [7, 11) is 0.982. The molecular formula is C40H49BrF3N12O4P. The Morgan fingerprint density at radius 3 is 2.30 bits per heavy atom. The summed E-state index contributed by atoms with van der Waals surface area (Å²) in [5, 5.41) is 22.1. The zero-order valence-electron chi connectivity index (χ0n) is 34.3. The molecule has 4 N–H and O–H groups in total. The molecule has 16 nitrogen and oxygen atoms in total. The third-order valence-electron chi connectivity index (χ3n) is 10.9. The van der Waals surface area contributed by atoms with Gasteiger partial charge in [0.2, 0.25) is 5.95 Å². The summed E-state index contributed by atoms with van der Waals surface area (Å²) in [6, 6.07) is 9.55. The molecule has 0 aliphatic carbocycles. The number of aliphatic carboxylic acids is 1. The van der Waals surface area contributed by atoms with Crippen LogP contribution in [0.15, 0.2) is 59.7 Å². The van der Waals surface area contributed by atoms with Crippen LogP contribution in [0.5, 0.6) is 11.5 Å². The monoisotopic (exact) mass is 928 g/mol. The number of alkyl halides is 3. The van der Waals surface area contributed by atoms with Gasteiger partial charge in [-0.3, -0.25) is 19.5 Å². The number of anilines is 5. The molecule has 3 aliphatic heterocycles. The Morgan fingerprint density at radius 2 is 1.67 bits per heavy atom. The average Bonchev–Trinajstić information content (AvgIpc) is 3.72. The molecule has 0 amide bonds. The van der Waals surface area contributed by atoms with Gasteiger partial charge < -0.3 is 35.2 Å². The lowest BCUT2D eigenvalue weighted by Crippen LogP contribution is -2.60. The van der Waals surface area contributed by atoms with Crippen LogP contribution in [0.4, 0.5) is 42.0 Å². The quantitative estimate of drug-likeness (QED) is 0.0965. The standard InChI is InChI=1S/C38H48BrN12O2P.C2HF3O2/c1-5-51-24-25(20-44-51)28-18-32(34(52-2)19-33(28)50-16-14-49(15-17-50)26-8-12-48(13-9-26)27-21-40-22-27)46-38-43-23-29(39)37(47-38)45-31-7-6-30-35(42-11-10-41-30)36(31)53-54(3)4;3-2(4,5)1(6)7/h6-7,10-11,18-20,23-24,26-27,40H,5,8-9,12-17,21-22H2,1-4H3,(H2,43,45,46,47);(H,6,7). The number of carboxylic acid groups (broad SMARTS) is 1. The number of hydrogen-bond acceptors (Lipinski definition) is 14. The molecule has 326 valence electrons. The van der Waals surface area contributed by atoms with Crippen molar-refractivity contribution in [2.75, 3.05) is 88.3 Å². The second kappa shape index (κ2) is 19.4. The topological polar surface area (TPSA) is 171 Å². The van der Waals surface area contributed by atoms with E-state index < -0.39 is 20.3 Å². The van der Waals surface area contributed by atoms with Gasteiger partial charge in [-0.15, -0.1) is 0 Å². The molecule has 61 heavy (non-hydrogen) atoms. The summed E-state index contributed by atoms with van der Waals surface area (Å²) in [5.74, 6) is -0.431. The molecule has 3 aromatic heterocycles. The van der Waals surface area contributed by atoms with Gasteiger partial charge in [0.15, 0.2) is 5.75 Å². The molecule has 0 unspecified atom stereocenters. The number of carboxylic acids is 1. The average molecular weight is 930 g/mol. The number of ether oxygens (including phenoxy) is 1. The number of nitrogens with zero attached hydrogens (tertiary/aromatic N) is 9. The highest BCUT2D eigenvalue weighted by Gasteiger charge is 2.38. The minimum absolute atomic E-state index is 0.409. The van der Waals surface area contributed by atoms with Gasteiger partial charge in [-0.1, -0.05) is 0 Å². The molecule has 3 fully saturated rings. The molecule has 8 rings (SSSR count). The lowest BCUT2D eigenvalue weighted by Gasteiger charge is -2.46. The Labute approximate surface area is 361 Å². The predicted molar refractivity (Wildman–Crippen MR) is 234 cm³/mol. The number of halogens is 4. The van der Waals surface area contributed by atoms with Gasteiger partial charge in [0.1, 0.15) is 17.1 Å². The molecule has 0 atom stereocenters. The van der Waals surface area contributed by atoms with Gasteiger partial charge >= 0.3 is 12.1 Å². The first-order valence-corrected chi connectivity index (χ1v) is 22.9. The molecule has 5 aromatic rings. The van der Waals surface area contributed by atoms with Crippen molar-refractivity contribution in [1.29, 1.82) is 0 Å². The first-order valence-electron chi connectivity index (χ1n) is 20.0. The number of nitrogens with one attached hydrogen (secondary N) is 3. The summed E-state index contributed by atoms with van der Waals surface area (Å²) in [4.78, 5) is 35.3. The molecule has 0 bridgehead atoms. The zero-order valence-corrected chi connectivity index (χ0v) is 36.8. The minimum atomic E-state index is -5.08. The number of fused-ring (bicyclic) bond motifs is 1. The number of aromatic nitrogens is 6. The lowest BCUT2D eigenvalue weighted by molar-refractivity contribution is -0.192. The van der Waals surface area contributed by atoms with Gasteiger partial charge in [0.05, 0.1) is 42.8 Å². The molecule has 2 aromatic carbocycles. The van der Waals surface area contributed by atoms with Crippen LogP contribution in [0.25, 0.3) is 22.2 Å². The first-order chi connectivity index (χ1) is 29.3. The Kier molecular flexibility index (Phi) is 14.1. The van der Waals surface area contributed by atoms with Crippen molar-refractivity contribution >= 4 is 69.9 Å². The van der Waals surface area contributed by atoms with Crippen LogP contribution in [0.1, 0.15) is 19.8 Å². The number of benzene rings is 2. The van der Waals surface area contributed by atoms with Crippen molar-refractivity contribution in [3.63, 3.8) is 0 Å². The SMILES string of the molecule is CCn1cc(-c2cc(Nc3ncc(Br)c(Nc4ccc5nccnc5c4OP(C)C)n3)c(OC)cc2N2CCN(C3CCN(C4CNC4)CC3)CC2)cn1.O=C(O)C(F)(F)F. The lowest BCUT2D eigenvalue weighted by atomic mass is 9.98. The van der Waals surface area contributed by atoms with E-state index in [4.69, 9.17) is 24.1 Å². The Bertz CT molecular complexity index is 2300. The van der Waals surface area contributed by atoms with E-state index in [0.717, 1.165) is 85.6 Å². The molecular weight excluding hydrogens is 880 g/mol. The summed E-state index contributed by atoms with van der Waals surface area (Å²) in [6.07, 6.45) is 6.57. The number of piperazine rings is 1. The van der Waals surface area contributed by atoms with Crippen LogP contribution in [-0.2, 0) is 11.3 Å². The van der Waals surface area contributed by atoms with Crippen LogP contribution in [-0.4, -0.2) is 142 Å². The summed E-state index contributed by atoms with van der Waals surface area (Å²) < 4.78 is 46.7. The van der Waals surface area contributed by atoms with E-state index in [9.17, 15) is 13.2 Å². The van der Waals surface area contributed by atoms with Crippen LogP contribution in [0.3, 0.4) is 0 Å². The molecule has 0 saturated carbocycles. The number of rotatable bonds is 12. The van der Waals surface area contributed by atoms with E-state index in [-0.39, 0.29) is 0 Å². The van der Waals surface area contributed by atoms with E-state index in [1.807, 2.05) is 23.0 Å². The molecule has 0 spiro atoms. The highest BCUT2D eigenvalue weighted by atomic mass is 79.9. The van der Waals surface area contributed by atoms with Crippen molar-refractivity contribution in [1.82, 2.24) is 44.8 Å². The smallest absolute Gasteiger partial charge is 0.490 e. The second-order valence-electron chi connectivity index (χ2n) is 15.0. The third-order valence-corrected chi connectivity index (χ3v) is 12.0. The van der Waals surface area contributed by atoms with Crippen LogP contribution < -0.4 is 30.1 Å². The largest absolute Gasteiger partial charge is 0.494 e. The fraction of sp³-hybridized carbons (Fsp3) is 0.450. The Balaban J connectivity index is 0.000000739. The van der Waals surface area contributed by atoms with E-state index >= 15 is 0 Å². The molecule has 6 heterocycles. The van der Waals surface area contributed by atoms with Gasteiger partial charge in [-0.2, -0.15) is 23.3 Å². The predicted octanol–water partition coefficient (Wildman–Crippen LogP) is 6.79. The maximum Gasteiger partial charge on any atom is 0.490 e. The third kappa shape index (κ3) is 10.6. The number of aryl methyl sites for hydroxylation is 1. The number of hydrogen-bond donors (Lipinski definition) is 4. The van der Waals surface area contributed by atoms with E-state index in [1.54, 1.807) is 25.7 Å². The fourth-order valence-electron chi connectivity index (χ4n) is 7.63. The van der Waals surface area contributed by atoms with Gasteiger partial charge in [0.25, 0.3) is 0 Å². The summed E-state index contributed by atoms with van der Waals surface area (Å²) >= 11 is 3.65. The second-order valence-corrected chi connectivity index (χ2v) is 17.6. The number of likely N-dealkylation sites (tertiary alicyclic amines) is 1. The highest BCUT2D eigenvalue weighted by Crippen LogP contribution is 2.43. The van der Waals surface area contributed by atoms with Crippen molar-refractivity contribution < 1.29 is 32.3 Å². The molecule has 21 heteroatoms. The van der Waals surface area contributed by atoms with Crippen molar-refractivity contribution in [2.24, 2.45) is 0 Å². The van der Waals surface area contributed by atoms with Crippen LogP contribution in [0.2, 0.25) is 0 Å². The van der Waals surface area contributed by atoms with Gasteiger partial charge in [0, 0.05) is 119 Å². The minimum Gasteiger partial charge on any atom is -0.494 e. The normalized spacial score (nSPS) is 16.8. The van der Waals surface area contributed by atoms with E-state index in [0.29, 0.717) is 39.3 Å².